The highest BCUT2D eigenvalue weighted by Crippen LogP contribution is 2.06. The van der Waals surface area contributed by atoms with E-state index >= 15 is 0 Å². The van der Waals surface area contributed by atoms with Gasteiger partial charge in [-0.1, -0.05) is 0 Å². The molecule has 0 bridgehead atoms. The van der Waals surface area contributed by atoms with E-state index in [1.165, 1.54) is 6.26 Å². The predicted molar refractivity (Wildman–Crippen MR) is 52.6 cm³/mol. The average Bonchev–Trinajstić information content (AvgIpc) is 2.42. The van der Waals surface area contributed by atoms with Crippen molar-refractivity contribution >= 4 is 9.84 Å². The lowest BCUT2D eigenvalue weighted by Crippen LogP contribution is -2.13. The summed E-state index contributed by atoms with van der Waals surface area (Å²) < 4.78 is 23.4. The molecule has 0 aliphatic rings. The van der Waals surface area contributed by atoms with Crippen LogP contribution in [0, 0.1) is 6.92 Å². The zero-order valence-electron chi connectivity index (χ0n) is 8.27. The van der Waals surface area contributed by atoms with Crippen molar-refractivity contribution in [3.8, 4) is 0 Å². The minimum absolute atomic E-state index is 0.0648. The zero-order chi connectivity index (χ0) is 10.8. The molecule has 80 valence electrons. The van der Waals surface area contributed by atoms with E-state index in [1.54, 1.807) is 17.8 Å². The first kappa shape index (κ1) is 11.2. The lowest BCUT2D eigenvalue weighted by Gasteiger charge is -2.03. The highest BCUT2D eigenvalue weighted by atomic mass is 32.2. The van der Waals surface area contributed by atoms with E-state index < -0.39 is 9.84 Å². The van der Waals surface area contributed by atoms with Crippen LogP contribution in [0.1, 0.15) is 11.3 Å². The van der Waals surface area contributed by atoms with E-state index in [0.717, 1.165) is 11.3 Å². The fourth-order valence-corrected chi connectivity index (χ4v) is 1.62. The molecule has 1 N–H and O–H groups in total. The molecule has 6 heteroatoms. The van der Waals surface area contributed by atoms with Crippen LogP contribution in [0.5, 0.6) is 0 Å². The van der Waals surface area contributed by atoms with Crippen molar-refractivity contribution in [2.24, 2.45) is 0 Å². The number of hydrogen-bond donors (Lipinski definition) is 1. The highest BCUT2D eigenvalue weighted by Gasteiger charge is 2.07. The third-order valence-corrected chi connectivity index (χ3v) is 2.97. The summed E-state index contributed by atoms with van der Waals surface area (Å²) >= 11 is 0. The molecule has 1 aromatic heterocycles. The Balaban J connectivity index is 2.73. The smallest absolute Gasteiger partial charge is 0.149 e. The molecule has 1 rings (SSSR count). The van der Waals surface area contributed by atoms with Crippen LogP contribution in [-0.2, 0) is 23.0 Å². The highest BCUT2D eigenvalue weighted by molar-refractivity contribution is 7.90. The van der Waals surface area contributed by atoms with Crippen LogP contribution in [0.15, 0.2) is 6.20 Å². The Morgan fingerprint density at radius 1 is 1.57 bits per heavy atom. The molecular formula is C8H14N2O3S. The number of aliphatic hydroxyl groups excluding tert-OH is 1. The fourth-order valence-electron chi connectivity index (χ4n) is 1.12. The monoisotopic (exact) mass is 218 g/mol. The summed E-state index contributed by atoms with van der Waals surface area (Å²) in [6.45, 7) is 2.08. The van der Waals surface area contributed by atoms with Crippen molar-refractivity contribution in [2.45, 2.75) is 20.1 Å². The number of nitrogens with zero attached hydrogens (tertiary/aromatic N) is 2. The SMILES string of the molecule is Cc1c(CO)cnn1CCS(C)(=O)=O. The minimum atomic E-state index is -2.96. The van der Waals surface area contributed by atoms with Gasteiger partial charge in [0.05, 0.1) is 25.1 Å². The largest absolute Gasteiger partial charge is 0.392 e. The lowest BCUT2D eigenvalue weighted by molar-refractivity contribution is 0.281. The van der Waals surface area contributed by atoms with Crippen molar-refractivity contribution in [1.29, 1.82) is 0 Å². The maximum atomic E-state index is 10.9. The molecule has 0 aliphatic carbocycles. The predicted octanol–water partition coefficient (Wildman–Crippen LogP) is -0.272. The molecule has 1 aromatic rings. The molecule has 5 nitrogen and oxygen atoms in total. The van der Waals surface area contributed by atoms with Crippen LogP contribution in [0.4, 0.5) is 0 Å². The summed E-state index contributed by atoms with van der Waals surface area (Å²) in [5, 5.41) is 12.9. The molecule has 1 heterocycles. The quantitative estimate of drug-likeness (QED) is 0.755. The topological polar surface area (TPSA) is 72.2 Å². The second-order valence-electron chi connectivity index (χ2n) is 3.27. The van der Waals surface area contributed by atoms with Crippen LogP contribution in [0.25, 0.3) is 0 Å². The third kappa shape index (κ3) is 2.81. The van der Waals surface area contributed by atoms with Crippen LogP contribution < -0.4 is 0 Å². The van der Waals surface area contributed by atoms with E-state index in [2.05, 4.69) is 5.10 Å². The Kier molecular flexibility index (Phi) is 3.28. The molecule has 0 fully saturated rings. The molecule has 0 saturated carbocycles. The maximum Gasteiger partial charge on any atom is 0.149 e. The normalized spacial score (nSPS) is 11.9. The number of aryl methyl sites for hydroxylation is 1. The number of rotatable bonds is 4. The van der Waals surface area contributed by atoms with Gasteiger partial charge in [-0.2, -0.15) is 5.10 Å². The van der Waals surface area contributed by atoms with E-state index in [1.807, 2.05) is 0 Å². The summed E-state index contributed by atoms with van der Waals surface area (Å²) in [5.74, 6) is 0.0698. The Morgan fingerprint density at radius 3 is 2.64 bits per heavy atom. The Labute approximate surface area is 83.3 Å². The number of hydrogen-bond acceptors (Lipinski definition) is 4. The van der Waals surface area contributed by atoms with Crippen molar-refractivity contribution in [1.82, 2.24) is 9.78 Å². The molecule has 0 aliphatic heterocycles. The standard InChI is InChI=1S/C8H14N2O3S/c1-7-8(6-11)5-9-10(7)3-4-14(2,12)13/h5,11H,3-4,6H2,1-2H3. The van der Waals surface area contributed by atoms with Crippen LogP contribution in [-0.4, -0.2) is 35.3 Å². The first-order valence-corrected chi connectivity index (χ1v) is 6.30. The molecular weight excluding hydrogens is 204 g/mol. The number of sulfone groups is 1. The fraction of sp³-hybridized carbons (Fsp3) is 0.625. The molecule has 0 atom stereocenters. The molecule has 0 aromatic carbocycles. The molecule has 0 spiro atoms. The van der Waals surface area contributed by atoms with E-state index in [-0.39, 0.29) is 12.4 Å². The Morgan fingerprint density at radius 2 is 2.21 bits per heavy atom. The first-order valence-electron chi connectivity index (χ1n) is 4.24. The van der Waals surface area contributed by atoms with Crippen molar-refractivity contribution < 1.29 is 13.5 Å². The average molecular weight is 218 g/mol. The van der Waals surface area contributed by atoms with E-state index in [0.29, 0.717) is 6.54 Å². The van der Waals surface area contributed by atoms with Crippen molar-refractivity contribution in [3.05, 3.63) is 17.5 Å². The van der Waals surface area contributed by atoms with Gasteiger partial charge < -0.3 is 5.11 Å². The maximum absolute atomic E-state index is 10.9. The Hall–Kier alpha value is -0.880. The van der Waals surface area contributed by atoms with Crippen LogP contribution in [0.2, 0.25) is 0 Å². The van der Waals surface area contributed by atoms with Gasteiger partial charge in [-0.3, -0.25) is 4.68 Å². The second kappa shape index (κ2) is 4.10. The van der Waals surface area contributed by atoms with Crippen molar-refractivity contribution in [3.63, 3.8) is 0 Å². The van der Waals surface area contributed by atoms with Gasteiger partial charge in [0.2, 0.25) is 0 Å². The minimum Gasteiger partial charge on any atom is -0.392 e. The van der Waals surface area contributed by atoms with Crippen molar-refractivity contribution in [2.75, 3.05) is 12.0 Å². The third-order valence-electron chi connectivity index (χ3n) is 2.05. The van der Waals surface area contributed by atoms with Gasteiger partial charge in [0, 0.05) is 17.5 Å². The van der Waals surface area contributed by atoms with Crippen LogP contribution in [0.3, 0.4) is 0 Å². The molecule has 0 saturated heterocycles. The van der Waals surface area contributed by atoms with Gasteiger partial charge in [0.1, 0.15) is 9.84 Å². The van der Waals surface area contributed by atoms with Gasteiger partial charge in [0.15, 0.2) is 0 Å². The lowest BCUT2D eigenvalue weighted by atomic mass is 10.3. The molecule has 0 amide bonds. The van der Waals surface area contributed by atoms with Gasteiger partial charge in [0.25, 0.3) is 0 Å². The van der Waals surface area contributed by atoms with Gasteiger partial charge in [-0.25, -0.2) is 8.42 Å². The summed E-state index contributed by atoms with van der Waals surface area (Å²) in [4.78, 5) is 0. The molecule has 0 unspecified atom stereocenters. The zero-order valence-corrected chi connectivity index (χ0v) is 9.08. The van der Waals surface area contributed by atoms with E-state index in [9.17, 15) is 8.42 Å². The number of aromatic nitrogens is 2. The second-order valence-corrected chi connectivity index (χ2v) is 5.53. The summed E-state index contributed by atoms with van der Waals surface area (Å²) in [5.41, 5.74) is 1.55. The van der Waals surface area contributed by atoms with Gasteiger partial charge in [-0.15, -0.1) is 0 Å². The van der Waals surface area contributed by atoms with E-state index in [4.69, 9.17) is 5.11 Å². The van der Waals surface area contributed by atoms with Gasteiger partial charge in [-0.05, 0) is 6.92 Å². The molecule has 0 radical (unpaired) electrons. The molecule has 14 heavy (non-hydrogen) atoms. The summed E-state index contributed by atoms with van der Waals surface area (Å²) in [6.07, 6.45) is 2.75. The van der Waals surface area contributed by atoms with Crippen LogP contribution >= 0.6 is 0 Å². The first-order chi connectivity index (χ1) is 6.44. The number of aliphatic hydroxyl groups is 1. The van der Waals surface area contributed by atoms with Gasteiger partial charge >= 0.3 is 0 Å². The Bertz CT molecular complexity index is 408. The summed E-state index contributed by atoms with van der Waals surface area (Å²) in [7, 11) is -2.96. The summed E-state index contributed by atoms with van der Waals surface area (Å²) in [6, 6.07) is 0.